The van der Waals surface area contributed by atoms with Gasteiger partial charge in [0.2, 0.25) is 17.7 Å². The number of carbonyl (C=O) groups excluding carboxylic acids is 3. The van der Waals surface area contributed by atoms with Gasteiger partial charge in [-0.1, -0.05) is 23.7 Å². The molecule has 0 aliphatic carbocycles. The maximum atomic E-state index is 11.7. The first-order valence-corrected chi connectivity index (χ1v) is 7.28. The summed E-state index contributed by atoms with van der Waals surface area (Å²) in [6.45, 7) is 0.668. The normalized spacial score (nSPS) is 14.6. The van der Waals surface area contributed by atoms with Crippen molar-refractivity contribution in [1.82, 2.24) is 10.2 Å². The second-order valence-electron chi connectivity index (χ2n) is 4.92. The molecule has 0 radical (unpaired) electrons. The highest BCUT2D eigenvalue weighted by atomic mass is 35.5. The average molecular weight is 309 g/mol. The molecule has 0 unspecified atom stereocenters. The van der Waals surface area contributed by atoms with Crippen LogP contribution in [0.4, 0.5) is 0 Å². The van der Waals surface area contributed by atoms with Gasteiger partial charge in [0, 0.05) is 37.4 Å². The molecule has 1 N–H and O–H groups in total. The third-order valence-electron chi connectivity index (χ3n) is 3.34. The van der Waals surface area contributed by atoms with Crippen LogP contribution >= 0.6 is 11.6 Å². The lowest BCUT2D eigenvalue weighted by atomic mass is 10.1. The van der Waals surface area contributed by atoms with Crippen molar-refractivity contribution in [2.45, 2.75) is 25.7 Å². The van der Waals surface area contributed by atoms with Crippen LogP contribution in [0.5, 0.6) is 0 Å². The number of likely N-dealkylation sites (tertiary alicyclic amines) is 1. The average Bonchev–Trinajstić information content (AvgIpc) is 2.76. The third-order valence-corrected chi connectivity index (χ3v) is 3.58. The first-order chi connectivity index (χ1) is 10.1. The van der Waals surface area contributed by atoms with Crippen molar-refractivity contribution in [2.75, 3.05) is 13.1 Å². The first kappa shape index (κ1) is 15.5. The SMILES string of the molecule is O=C(CCN1C(=O)CCC1=O)NCCc1cccc(Cl)c1. The third kappa shape index (κ3) is 4.56. The molecule has 0 spiro atoms. The van der Waals surface area contributed by atoms with E-state index in [2.05, 4.69) is 5.32 Å². The number of hydrogen-bond donors (Lipinski definition) is 1. The molecule has 1 aromatic rings. The minimum Gasteiger partial charge on any atom is -0.356 e. The predicted molar refractivity (Wildman–Crippen MR) is 78.7 cm³/mol. The van der Waals surface area contributed by atoms with E-state index >= 15 is 0 Å². The Kier molecular flexibility index (Phi) is 5.33. The summed E-state index contributed by atoms with van der Waals surface area (Å²) < 4.78 is 0. The molecule has 6 heteroatoms. The Morgan fingerprint density at radius 3 is 2.62 bits per heavy atom. The summed E-state index contributed by atoms with van der Waals surface area (Å²) in [6, 6.07) is 7.46. The van der Waals surface area contributed by atoms with E-state index in [1.165, 1.54) is 0 Å². The topological polar surface area (TPSA) is 66.5 Å². The molecule has 1 heterocycles. The van der Waals surface area contributed by atoms with Gasteiger partial charge >= 0.3 is 0 Å². The van der Waals surface area contributed by atoms with Gasteiger partial charge in [0.1, 0.15) is 0 Å². The van der Waals surface area contributed by atoms with Crippen molar-refractivity contribution in [2.24, 2.45) is 0 Å². The van der Waals surface area contributed by atoms with E-state index < -0.39 is 0 Å². The largest absolute Gasteiger partial charge is 0.356 e. The highest BCUT2D eigenvalue weighted by Gasteiger charge is 2.28. The van der Waals surface area contributed by atoms with E-state index in [0.29, 0.717) is 18.0 Å². The Morgan fingerprint density at radius 1 is 1.24 bits per heavy atom. The molecule has 1 saturated heterocycles. The predicted octanol–water partition coefficient (Wildman–Crippen LogP) is 1.54. The molecule has 1 fully saturated rings. The standard InChI is InChI=1S/C15H17ClN2O3/c16-12-3-1-2-11(10-12)6-8-17-13(19)7-9-18-14(20)4-5-15(18)21/h1-3,10H,4-9H2,(H,17,19). The van der Waals surface area contributed by atoms with Crippen molar-refractivity contribution in [3.63, 3.8) is 0 Å². The molecule has 112 valence electrons. The Labute approximate surface area is 128 Å². The van der Waals surface area contributed by atoms with Gasteiger partial charge in [-0.3, -0.25) is 19.3 Å². The highest BCUT2D eigenvalue weighted by Crippen LogP contribution is 2.12. The molecule has 0 aromatic heterocycles. The lowest BCUT2D eigenvalue weighted by molar-refractivity contribution is -0.138. The zero-order valence-electron chi connectivity index (χ0n) is 11.6. The molecule has 0 bridgehead atoms. The van der Waals surface area contributed by atoms with E-state index in [9.17, 15) is 14.4 Å². The molecule has 0 saturated carbocycles. The zero-order valence-corrected chi connectivity index (χ0v) is 12.4. The second-order valence-corrected chi connectivity index (χ2v) is 5.36. The quantitative estimate of drug-likeness (QED) is 0.811. The number of rotatable bonds is 6. The summed E-state index contributed by atoms with van der Waals surface area (Å²) >= 11 is 5.88. The summed E-state index contributed by atoms with van der Waals surface area (Å²) in [4.78, 5) is 35.6. The molecule has 1 aliphatic rings. The maximum absolute atomic E-state index is 11.7. The molecule has 0 atom stereocenters. The van der Waals surface area contributed by atoms with Crippen LogP contribution in [-0.2, 0) is 20.8 Å². The molecule has 3 amide bonds. The fourth-order valence-electron chi connectivity index (χ4n) is 2.21. The molecule has 1 aliphatic heterocycles. The van der Waals surface area contributed by atoms with Gasteiger partial charge in [0.15, 0.2) is 0 Å². The van der Waals surface area contributed by atoms with Crippen LogP contribution < -0.4 is 5.32 Å². The minimum absolute atomic E-state index is 0.146. The fourth-order valence-corrected chi connectivity index (χ4v) is 2.43. The molecule has 5 nitrogen and oxygen atoms in total. The van der Waals surface area contributed by atoms with Gasteiger partial charge in [0.25, 0.3) is 0 Å². The van der Waals surface area contributed by atoms with Crippen molar-refractivity contribution >= 4 is 29.3 Å². The summed E-state index contributed by atoms with van der Waals surface area (Å²) in [5, 5.41) is 3.44. The van der Waals surface area contributed by atoms with E-state index in [-0.39, 0.29) is 43.5 Å². The number of hydrogen-bond acceptors (Lipinski definition) is 3. The monoisotopic (exact) mass is 308 g/mol. The van der Waals surface area contributed by atoms with E-state index in [1.54, 1.807) is 6.07 Å². The lowest BCUT2D eigenvalue weighted by Crippen LogP contribution is -2.34. The maximum Gasteiger partial charge on any atom is 0.229 e. The lowest BCUT2D eigenvalue weighted by Gasteiger charge is -2.13. The van der Waals surface area contributed by atoms with Crippen molar-refractivity contribution in [3.05, 3.63) is 34.9 Å². The second kappa shape index (κ2) is 7.22. The van der Waals surface area contributed by atoms with Crippen LogP contribution in [0.25, 0.3) is 0 Å². The van der Waals surface area contributed by atoms with Crippen LogP contribution in [0.2, 0.25) is 5.02 Å². The van der Waals surface area contributed by atoms with E-state index in [0.717, 1.165) is 10.5 Å². The van der Waals surface area contributed by atoms with Crippen molar-refractivity contribution < 1.29 is 14.4 Å². The molecule has 1 aromatic carbocycles. The number of nitrogens with zero attached hydrogens (tertiary/aromatic N) is 1. The molecular formula is C15H17ClN2O3. The number of nitrogens with one attached hydrogen (secondary N) is 1. The summed E-state index contributed by atoms with van der Waals surface area (Å²) in [7, 11) is 0. The van der Waals surface area contributed by atoms with Crippen LogP contribution in [0, 0.1) is 0 Å². The number of amides is 3. The van der Waals surface area contributed by atoms with Gasteiger partial charge in [-0.25, -0.2) is 0 Å². The Balaban J connectivity index is 1.68. The van der Waals surface area contributed by atoms with E-state index in [4.69, 9.17) is 11.6 Å². The van der Waals surface area contributed by atoms with Crippen molar-refractivity contribution in [3.8, 4) is 0 Å². The van der Waals surface area contributed by atoms with Gasteiger partial charge in [-0.15, -0.1) is 0 Å². The Morgan fingerprint density at radius 2 is 1.95 bits per heavy atom. The molecule has 2 rings (SSSR count). The summed E-state index contributed by atoms with van der Waals surface area (Å²) in [6.07, 6.45) is 1.35. The zero-order chi connectivity index (χ0) is 15.2. The van der Waals surface area contributed by atoms with Crippen LogP contribution in [0.15, 0.2) is 24.3 Å². The van der Waals surface area contributed by atoms with Crippen LogP contribution in [0.1, 0.15) is 24.8 Å². The number of halogens is 1. The Hall–Kier alpha value is -1.88. The Bertz CT molecular complexity index is 544. The highest BCUT2D eigenvalue weighted by molar-refractivity contribution is 6.30. The van der Waals surface area contributed by atoms with Crippen LogP contribution in [0.3, 0.4) is 0 Å². The van der Waals surface area contributed by atoms with Gasteiger partial charge in [-0.2, -0.15) is 0 Å². The number of imide groups is 1. The van der Waals surface area contributed by atoms with Gasteiger partial charge in [-0.05, 0) is 24.1 Å². The molecule has 21 heavy (non-hydrogen) atoms. The summed E-state index contributed by atoms with van der Waals surface area (Å²) in [5.41, 5.74) is 1.05. The minimum atomic E-state index is -0.188. The smallest absolute Gasteiger partial charge is 0.229 e. The number of carbonyl (C=O) groups is 3. The fraction of sp³-hybridized carbons (Fsp3) is 0.400. The number of benzene rings is 1. The summed E-state index contributed by atoms with van der Waals surface area (Å²) in [5.74, 6) is -0.539. The van der Waals surface area contributed by atoms with Gasteiger partial charge < -0.3 is 5.32 Å². The first-order valence-electron chi connectivity index (χ1n) is 6.90. The van der Waals surface area contributed by atoms with E-state index in [1.807, 2.05) is 18.2 Å². The van der Waals surface area contributed by atoms with Crippen LogP contribution in [-0.4, -0.2) is 35.7 Å². The molecular weight excluding hydrogens is 292 g/mol. The van der Waals surface area contributed by atoms with Crippen molar-refractivity contribution in [1.29, 1.82) is 0 Å². The van der Waals surface area contributed by atoms with Gasteiger partial charge in [0.05, 0.1) is 0 Å².